The van der Waals surface area contributed by atoms with Crippen LogP contribution >= 0.6 is 0 Å². The summed E-state index contributed by atoms with van der Waals surface area (Å²) in [4.78, 5) is 14.4. The summed E-state index contributed by atoms with van der Waals surface area (Å²) in [5.41, 5.74) is 7.38. The van der Waals surface area contributed by atoms with Crippen molar-refractivity contribution in [1.29, 1.82) is 0 Å². The van der Waals surface area contributed by atoms with E-state index in [4.69, 9.17) is 5.73 Å². The minimum Gasteiger partial charge on any atom is -0.399 e. The zero-order valence-electron chi connectivity index (χ0n) is 13.7. The van der Waals surface area contributed by atoms with E-state index >= 15 is 0 Å². The molecule has 0 atom stereocenters. The summed E-state index contributed by atoms with van der Waals surface area (Å²) < 4.78 is 0. The van der Waals surface area contributed by atoms with Crippen molar-refractivity contribution in [2.24, 2.45) is 5.92 Å². The Kier molecular flexibility index (Phi) is 6.72. The van der Waals surface area contributed by atoms with Crippen molar-refractivity contribution in [3.8, 4) is 0 Å². The molecule has 1 aromatic carbocycles. The fourth-order valence-electron chi connectivity index (χ4n) is 2.86. The number of carbonyl (C=O) groups excluding carboxylic acids is 1. The Balaban J connectivity index is 1.53. The van der Waals surface area contributed by atoms with Crippen LogP contribution in [0.25, 0.3) is 0 Å². The Morgan fingerprint density at radius 1 is 1.23 bits per heavy atom. The fourth-order valence-corrected chi connectivity index (χ4v) is 2.86. The molecule has 1 aliphatic rings. The average molecular weight is 303 g/mol. The molecule has 0 bridgehead atoms. The number of hydrogen-bond acceptors (Lipinski definition) is 3. The van der Waals surface area contributed by atoms with Gasteiger partial charge in [0.05, 0.1) is 6.42 Å². The second-order valence-corrected chi connectivity index (χ2v) is 6.50. The van der Waals surface area contributed by atoms with E-state index in [-0.39, 0.29) is 5.91 Å². The average Bonchev–Trinajstić information content (AvgIpc) is 2.51. The molecule has 0 saturated carbocycles. The largest absolute Gasteiger partial charge is 0.399 e. The second-order valence-electron chi connectivity index (χ2n) is 6.50. The van der Waals surface area contributed by atoms with Gasteiger partial charge >= 0.3 is 0 Å². The third-order valence-electron chi connectivity index (χ3n) is 4.44. The highest BCUT2D eigenvalue weighted by Gasteiger charge is 2.14. The van der Waals surface area contributed by atoms with Crippen molar-refractivity contribution >= 4 is 11.6 Å². The SMILES string of the molecule is CC1CCN(CCCCNC(=O)Cc2ccc(N)cc2)CC1. The van der Waals surface area contributed by atoms with E-state index in [2.05, 4.69) is 17.1 Å². The third kappa shape index (κ3) is 6.06. The van der Waals surface area contributed by atoms with Gasteiger partial charge in [0.15, 0.2) is 0 Å². The van der Waals surface area contributed by atoms with Crippen LogP contribution in [-0.2, 0) is 11.2 Å². The lowest BCUT2D eigenvalue weighted by molar-refractivity contribution is -0.120. The van der Waals surface area contributed by atoms with Gasteiger partial charge < -0.3 is 16.0 Å². The molecule has 22 heavy (non-hydrogen) atoms. The number of nitrogens with one attached hydrogen (secondary N) is 1. The lowest BCUT2D eigenvalue weighted by Gasteiger charge is -2.30. The van der Waals surface area contributed by atoms with Crippen molar-refractivity contribution in [2.75, 3.05) is 31.9 Å². The predicted octanol–water partition coefficient (Wildman–Crippen LogP) is 2.44. The standard InChI is InChI=1S/C18H29N3O/c1-15-8-12-21(13-9-15)11-3-2-10-20-18(22)14-16-4-6-17(19)7-5-16/h4-7,15H,2-3,8-14,19H2,1H3,(H,20,22). The van der Waals surface area contributed by atoms with Gasteiger partial charge in [0.25, 0.3) is 0 Å². The maximum absolute atomic E-state index is 11.8. The van der Waals surface area contributed by atoms with Crippen LogP contribution in [0.15, 0.2) is 24.3 Å². The van der Waals surface area contributed by atoms with E-state index in [0.717, 1.165) is 36.6 Å². The van der Waals surface area contributed by atoms with E-state index in [9.17, 15) is 4.79 Å². The number of unbranched alkanes of at least 4 members (excludes halogenated alkanes) is 1. The number of nitrogen functional groups attached to an aromatic ring is 1. The maximum Gasteiger partial charge on any atom is 0.224 e. The topological polar surface area (TPSA) is 58.4 Å². The minimum atomic E-state index is 0.0940. The Bertz CT molecular complexity index is 450. The van der Waals surface area contributed by atoms with Crippen LogP contribution in [0.5, 0.6) is 0 Å². The number of piperidine rings is 1. The molecule has 1 saturated heterocycles. The van der Waals surface area contributed by atoms with Crippen molar-refractivity contribution in [3.05, 3.63) is 29.8 Å². The molecule has 1 amide bonds. The molecule has 1 heterocycles. The number of rotatable bonds is 7. The molecule has 1 fully saturated rings. The minimum absolute atomic E-state index is 0.0940. The molecule has 3 N–H and O–H groups in total. The molecule has 2 rings (SSSR count). The summed E-state index contributed by atoms with van der Waals surface area (Å²) in [5, 5.41) is 3.00. The molecule has 0 radical (unpaired) electrons. The number of likely N-dealkylation sites (tertiary alicyclic amines) is 1. The number of hydrogen-bond donors (Lipinski definition) is 2. The van der Waals surface area contributed by atoms with E-state index in [0.29, 0.717) is 6.42 Å². The van der Waals surface area contributed by atoms with Crippen LogP contribution in [0, 0.1) is 5.92 Å². The van der Waals surface area contributed by atoms with Gasteiger partial charge in [-0.05, 0) is 68.9 Å². The zero-order valence-corrected chi connectivity index (χ0v) is 13.7. The highest BCUT2D eigenvalue weighted by atomic mass is 16.1. The number of amides is 1. The van der Waals surface area contributed by atoms with Gasteiger partial charge in [-0.1, -0.05) is 19.1 Å². The van der Waals surface area contributed by atoms with Crippen LogP contribution in [0.1, 0.15) is 38.2 Å². The monoisotopic (exact) mass is 303 g/mol. The Morgan fingerprint density at radius 3 is 2.59 bits per heavy atom. The highest BCUT2D eigenvalue weighted by molar-refractivity contribution is 5.78. The first kappa shape index (κ1) is 16.8. The molecule has 0 unspecified atom stereocenters. The van der Waals surface area contributed by atoms with E-state index < -0.39 is 0 Å². The van der Waals surface area contributed by atoms with Gasteiger partial charge in [-0.25, -0.2) is 0 Å². The normalized spacial score (nSPS) is 16.6. The van der Waals surface area contributed by atoms with E-state index in [1.54, 1.807) is 0 Å². The third-order valence-corrected chi connectivity index (χ3v) is 4.44. The molecule has 122 valence electrons. The number of carbonyl (C=O) groups is 1. The van der Waals surface area contributed by atoms with Crippen molar-refractivity contribution in [3.63, 3.8) is 0 Å². The number of nitrogens with zero attached hydrogens (tertiary/aromatic N) is 1. The van der Waals surface area contributed by atoms with Crippen LogP contribution in [-0.4, -0.2) is 37.0 Å². The molecule has 0 aromatic heterocycles. The summed E-state index contributed by atoms with van der Waals surface area (Å²) >= 11 is 0. The molecule has 0 aliphatic carbocycles. The first-order valence-electron chi connectivity index (χ1n) is 8.47. The Morgan fingerprint density at radius 2 is 1.91 bits per heavy atom. The lowest BCUT2D eigenvalue weighted by atomic mass is 9.99. The fraction of sp³-hybridized carbons (Fsp3) is 0.611. The van der Waals surface area contributed by atoms with Crippen LogP contribution in [0.2, 0.25) is 0 Å². The van der Waals surface area contributed by atoms with E-state index in [1.807, 2.05) is 24.3 Å². The van der Waals surface area contributed by atoms with E-state index in [1.165, 1.54) is 32.5 Å². The summed E-state index contributed by atoms with van der Waals surface area (Å²) in [5.74, 6) is 0.987. The van der Waals surface area contributed by atoms with Gasteiger partial charge in [0, 0.05) is 12.2 Å². The van der Waals surface area contributed by atoms with Gasteiger partial charge in [-0.15, -0.1) is 0 Å². The molecular weight excluding hydrogens is 274 g/mol. The second kappa shape index (κ2) is 8.79. The first-order valence-corrected chi connectivity index (χ1v) is 8.47. The zero-order chi connectivity index (χ0) is 15.8. The molecule has 4 nitrogen and oxygen atoms in total. The van der Waals surface area contributed by atoms with Crippen molar-refractivity contribution < 1.29 is 4.79 Å². The number of nitrogens with two attached hydrogens (primary N) is 1. The quantitative estimate of drug-likeness (QED) is 0.601. The summed E-state index contributed by atoms with van der Waals surface area (Å²) in [6.07, 6.45) is 5.32. The molecule has 1 aliphatic heterocycles. The van der Waals surface area contributed by atoms with Gasteiger partial charge in [0.1, 0.15) is 0 Å². The smallest absolute Gasteiger partial charge is 0.224 e. The molecular formula is C18H29N3O. The van der Waals surface area contributed by atoms with Crippen LogP contribution < -0.4 is 11.1 Å². The summed E-state index contributed by atoms with van der Waals surface area (Å²) in [6, 6.07) is 7.49. The first-order chi connectivity index (χ1) is 10.6. The molecule has 0 spiro atoms. The number of anilines is 1. The molecule has 4 heteroatoms. The summed E-state index contributed by atoms with van der Waals surface area (Å²) in [6.45, 7) is 6.77. The Labute approximate surface area is 134 Å². The van der Waals surface area contributed by atoms with Gasteiger partial charge in [-0.3, -0.25) is 4.79 Å². The van der Waals surface area contributed by atoms with Gasteiger partial charge in [-0.2, -0.15) is 0 Å². The predicted molar refractivity (Wildman–Crippen MR) is 91.6 cm³/mol. The van der Waals surface area contributed by atoms with Crippen molar-refractivity contribution in [1.82, 2.24) is 10.2 Å². The summed E-state index contributed by atoms with van der Waals surface area (Å²) in [7, 11) is 0. The molecule has 1 aromatic rings. The Hall–Kier alpha value is -1.55. The van der Waals surface area contributed by atoms with Crippen molar-refractivity contribution in [2.45, 2.75) is 39.0 Å². The van der Waals surface area contributed by atoms with Crippen LogP contribution in [0.4, 0.5) is 5.69 Å². The number of benzene rings is 1. The van der Waals surface area contributed by atoms with Crippen LogP contribution in [0.3, 0.4) is 0 Å². The van der Waals surface area contributed by atoms with Gasteiger partial charge in [0.2, 0.25) is 5.91 Å². The highest BCUT2D eigenvalue weighted by Crippen LogP contribution is 2.16. The lowest BCUT2D eigenvalue weighted by Crippen LogP contribution is -2.34. The maximum atomic E-state index is 11.8.